The Hall–Kier alpha value is -3.85. The summed E-state index contributed by atoms with van der Waals surface area (Å²) in [5.41, 5.74) is 0.686. The van der Waals surface area contributed by atoms with Gasteiger partial charge in [-0.3, -0.25) is 29.1 Å². The van der Waals surface area contributed by atoms with Gasteiger partial charge in [-0.2, -0.15) is 9.97 Å². The molecule has 2 aliphatic heterocycles. The van der Waals surface area contributed by atoms with Crippen molar-refractivity contribution in [3.8, 4) is 0 Å². The first kappa shape index (κ1) is 26.2. The number of carbonyl (C=O) groups is 4. The van der Waals surface area contributed by atoms with Crippen LogP contribution >= 0.6 is 0 Å². The van der Waals surface area contributed by atoms with Crippen molar-refractivity contribution in [3.63, 3.8) is 0 Å². The first-order chi connectivity index (χ1) is 17.6. The molecule has 200 valence electrons. The van der Waals surface area contributed by atoms with Crippen molar-refractivity contribution in [2.45, 2.75) is 52.2 Å². The Balaban J connectivity index is 1.80. The van der Waals surface area contributed by atoms with Crippen LogP contribution < -0.4 is 10.2 Å². The molecule has 37 heavy (non-hydrogen) atoms. The SMILES string of the molecule is CC(=O)Nc1nc(N2CCOCC2)c2ncn([C@@H]3O[C@H](COC(C)=O)[C@@H](OC(C)=O)[C@H]3OC(C)=O)c2n1. The van der Waals surface area contributed by atoms with E-state index in [-0.39, 0.29) is 24.1 Å². The normalized spacial score (nSPS) is 23.5. The summed E-state index contributed by atoms with van der Waals surface area (Å²) in [6, 6.07) is 0. The average molecular weight is 520 g/mol. The Bertz CT molecular complexity index is 1190. The van der Waals surface area contributed by atoms with E-state index in [0.29, 0.717) is 37.6 Å². The largest absolute Gasteiger partial charge is 0.463 e. The topological polar surface area (TPSA) is 173 Å². The van der Waals surface area contributed by atoms with Gasteiger partial charge >= 0.3 is 17.9 Å². The van der Waals surface area contributed by atoms with Gasteiger partial charge in [-0.05, 0) is 0 Å². The zero-order chi connectivity index (χ0) is 26.7. The highest BCUT2D eigenvalue weighted by Gasteiger charge is 2.51. The number of morpholine rings is 1. The third-order valence-corrected chi connectivity index (χ3v) is 5.62. The maximum atomic E-state index is 12.0. The standard InChI is InChI=1S/C22H28N6O9/c1-11(29)24-22-25-19(27-5-7-33-8-6-27)16-20(26-22)28(10-23-16)21-18(36-14(4)32)17(35-13(3)31)15(37-21)9-34-12(2)30/h10,15,17-18,21H,5-9H2,1-4H3,(H,24,25,26,29)/t15-,17-,18-,21-/m1/s1. The molecule has 4 rings (SSSR count). The number of nitrogens with zero attached hydrogens (tertiary/aromatic N) is 5. The number of aromatic nitrogens is 4. The summed E-state index contributed by atoms with van der Waals surface area (Å²) in [7, 11) is 0. The maximum absolute atomic E-state index is 12.0. The third kappa shape index (κ3) is 5.94. The molecule has 2 aromatic heterocycles. The summed E-state index contributed by atoms with van der Waals surface area (Å²) in [6.45, 7) is 6.80. The van der Waals surface area contributed by atoms with Crippen LogP contribution in [0.25, 0.3) is 11.2 Å². The van der Waals surface area contributed by atoms with Gasteiger partial charge in [-0.15, -0.1) is 0 Å². The molecule has 0 saturated carbocycles. The second-order valence-corrected chi connectivity index (χ2v) is 8.49. The van der Waals surface area contributed by atoms with Crippen LogP contribution in [-0.2, 0) is 42.9 Å². The Labute approximate surface area is 211 Å². The average Bonchev–Trinajstić information content (AvgIpc) is 3.38. The zero-order valence-corrected chi connectivity index (χ0v) is 20.8. The van der Waals surface area contributed by atoms with Gasteiger partial charge in [-0.1, -0.05) is 0 Å². The number of hydrogen-bond donors (Lipinski definition) is 1. The number of anilines is 2. The van der Waals surface area contributed by atoms with Gasteiger partial charge in [0.25, 0.3) is 0 Å². The monoisotopic (exact) mass is 520 g/mol. The van der Waals surface area contributed by atoms with E-state index >= 15 is 0 Å². The summed E-state index contributed by atoms with van der Waals surface area (Å²) in [4.78, 5) is 62.5. The van der Waals surface area contributed by atoms with Crippen LogP contribution in [0, 0.1) is 0 Å². The third-order valence-electron chi connectivity index (χ3n) is 5.62. The summed E-state index contributed by atoms with van der Waals surface area (Å²) in [5, 5.41) is 2.59. The molecule has 15 heteroatoms. The van der Waals surface area contributed by atoms with Gasteiger partial charge in [0.1, 0.15) is 12.7 Å². The number of ether oxygens (including phenoxy) is 5. The molecular weight excluding hydrogens is 492 g/mol. The predicted molar refractivity (Wildman–Crippen MR) is 124 cm³/mol. The molecule has 15 nitrogen and oxygen atoms in total. The van der Waals surface area contributed by atoms with Crippen molar-refractivity contribution in [1.29, 1.82) is 0 Å². The van der Waals surface area contributed by atoms with Crippen LogP contribution in [0.15, 0.2) is 6.33 Å². The molecule has 0 aromatic carbocycles. The first-order valence-corrected chi connectivity index (χ1v) is 11.6. The lowest BCUT2D eigenvalue weighted by atomic mass is 10.1. The second kappa shape index (κ2) is 11.0. The van der Waals surface area contributed by atoms with Crippen LogP contribution in [-0.4, -0.2) is 94.6 Å². The van der Waals surface area contributed by atoms with Crippen LogP contribution in [0.2, 0.25) is 0 Å². The molecule has 2 saturated heterocycles. The van der Waals surface area contributed by atoms with Crippen molar-refractivity contribution in [2.75, 3.05) is 43.1 Å². The van der Waals surface area contributed by atoms with Crippen molar-refractivity contribution in [2.24, 2.45) is 0 Å². The highest BCUT2D eigenvalue weighted by atomic mass is 16.7. The Morgan fingerprint density at radius 3 is 2.30 bits per heavy atom. The molecule has 0 spiro atoms. The van der Waals surface area contributed by atoms with Crippen LogP contribution in [0.4, 0.5) is 11.8 Å². The Morgan fingerprint density at radius 2 is 1.68 bits per heavy atom. The van der Waals surface area contributed by atoms with E-state index in [2.05, 4.69) is 20.3 Å². The number of fused-ring (bicyclic) bond motifs is 1. The smallest absolute Gasteiger partial charge is 0.303 e. The Morgan fingerprint density at radius 1 is 1.00 bits per heavy atom. The molecule has 0 aliphatic carbocycles. The van der Waals surface area contributed by atoms with Crippen molar-refractivity contribution < 1.29 is 42.9 Å². The lowest BCUT2D eigenvalue weighted by Crippen LogP contribution is -2.40. The van der Waals surface area contributed by atoms with Gasteiger partial charge in [0, 0.05) is 40.8 Å². The van der Waals surface area contributed by atoms with E-state index in [9.17, 15) is 19.2 Å². The molecule has 4 heterocycles. The summed E-state index contributed by atoms with van der Waals surface area (Å²) < 4.78 is 29.1. The quantitative estimate of drug-likeness (QED) is 0.380. The Kier molecular flexibility index (Phi) is 7.83. The van der Waals surface area contributed by atoms with Gasteiger partial charge in [-0.25, -0.2) is 4.98 Å². The number of carbonyl (C=O) groups excluding carboxylic acids is 4. The zero-order valence-electron chi connectivity index (χ0n) is 20.8. The van der Waals surface area contributed by atoms with E-state index in [4.69, 9.17) is 23.7 Å². The molecule has 4 atom stereocenters. The van der Waals surface area contributed by atoms with Gasteiger partial charge < -0.3 is 28.6 Å². The van der Waals surface area contributed by atoms with E-state index in [1.165, 1.54) is 38.6 Å². The highest BCUT2D eigenvalue weighted by Crippen LogP contribution is 2.37. The fraction of sp³-hybridized carbons (Fsp3) is 0.591. The van der Waals surface area contributed by atoms with E-state index in [0.717, 1.165) is 0 Å². The molecular formula is C22H28N6O9. The molecule has 1 N–H and O–H groups in total. The lowest BCUT2D eigenvalue weighted by Gasteiger charge is -2.28. The molecule has 0 radical (unpaired) electrons. The van der Waals surface area contributed by atoms with Crippen LogP contribution in [0.3, 0.4) is 0 Å². The summed E-state index contributed by atoms with van der Waals surface area (Å²) >= 11 is 0. The fourth-order valence-corrected chi connectivity index (χ4v) is 4.21. The molecule has 1 amide bonds. The molecule has 2 aliphatic rings. The maximum Gasteiger partial charge on any atom is 0.303 e. The van der Waals surface area contributed by atoms with Gasteiger partial charge in [0.2, 0.25) is 11.9 Å². The minimum absolute atomic E-state index is 0.0401. The van der Waals surface area contributed by atoms with Crippen LogP contribution in [0.5, 0.6) is 0 Å². The number of esters is 3. The molecule has 0 bridgehead atoms. The minimum atomic E-state index is -1.12. The first-order valence-electron chi connectivity index (χ1n) is 11.6. The lowest BCUT2D eigenvalue weighted by molar-refractivity contribution is -0.166. The number of nitrogens with one attached hydrogen (secondary N) is 1. The van der Waals surface area contributed by atoms with Crippen molar-refractivity contribution in [1.82, 2.24) is 19.5 Å². The van der Waals surface area contributed by atoms with E-state index in [1.54, 1.807) is 0 Å². The predicted octanol–water partition coefficient (Wildman–Crippen LogP) is -0.0548. The second-order valence-electron chi connectivity index (χ2n) is 8.49. The number of imidazole rings is 1. The highest BCUT2D eigenvalue weighted by molar-refractivity contribution is 5.90. The molecule has 2 fully saturated rings. The van der Waals surface area contributed by atoms with Crippen molar-refractivity contribution in [3.05, 3.63) is 6.33 Å². The van der Waals surface area contributed by atoms with Crippen molar-refractivity contribution >= 4 is 46.7 Å². The number of rotatable bonds is 7. The summed E-state index contributed by atoms with van der Waals surface area (Å²) in [6.07, 6.45) is -2.78. The van der Waals surface area contributed by atoms with E-state index in [1.807, 2.05) is 4.90 Å². The van der Waals surface area contributed by atoms with Gasteiger partial charge in [0.15, 0.2) is 35.4 Å². The van der Waals surface area contributed by atoms with E-state index < -0.39 is 42.4 Å². The number of hydrogen-bond acceptors (Lipinski definition) is 13. The summed E-state index contributed by atoms with van der Waals surface area (Å²) in [5.74, 6) is -1.70. The minimum Gasteiger partial charge on any atom is -0.463 e. The van der Waals surface area contributed by atoms with Gasteiger partial charge in [0.05, 0.1) is 19.5 Å². The van der Waals surface area contributed by atoms with Crippen LogP contribution in [0.1, 0.15) is 33.9 Å². The fourth-order valence-electron chi connectivity index (χ4n) is 4.21. The molecule has 0 unspecified atom stereocenters. The number of amides is 1. The molecule has 2 aromatic rings.